The van der Waals surface area contributed by atoms with Gasteiger partial charge in [0.05, 0.1) is 5.60 Å². The molecule has 1 aliphatic rings. The van der Waals surface area contributed by atoms with E-state index < -0.39 is 5.60 Å². The molecule has 0 radical (unpaired) electrons. The highest BCUT2D eigenvalue weighted by molar-refractivity contribution is 5.49. The molecule has 0 fully saturated rings. The molecule has 2 nitrogen and oxygen atoms in total. The Bertz CT molecular complexity index is 608. The van der Waals surface area contributed by atoms with Crippen molar-refractivity contribution in [2.45, 2.75) is 24.5 Å². The summed E-state index contributed by atoms with van der Waals surface area (Å²) in [6.45, 7) is 2.13. The van der Waals surface area contributed by atoms with E-state index in [0.29, 0.717) is 0 Å². The molecule has 20 heavy (non-hydrogen) atoms. The summed E-state index contributed by atoms with van der Waals surface area (Å²) in [6, 6.07) is 18.8. The Kier molecular flexibility index (Phi) is 3.15. The van der Waals surface area contributed by atoms with Crippen molar-refractivity contribution in [1.82, 2.24) is 0 Å². The molecule has 104 valence electrons. The highest BCUT2D eigenvalue weighted by Crippen LogP contribution is 2.53. The van der Waals surface area contributed by atoms with Crippen LogP contribution < -0.4 is 0 Å². The largest absolute Gasteiger partial charge is 0.374 e. The summed E-state index contributed by atoms with van der Waals surface area (Å²) in [5, 5.41) is 0. The van der Waals surface area contributed by atoms with Crippen molar-refractivity contribution in [3.8, 4) is 0 Å². The molecule has 0 aliphatic heterocycles. The Labute approximate surface area is 120 Å². The first-order valence-corrected chi connectivity index (χ1v) is 6.92. The number of fused-ring (bicyclic) bond motifs is 1. The van der Waals surface area contributed by atoms with Gasteiger partial charge in [0.15, 0.2) is 0 Å². The van der Waals surface area contributed by atoms with Crippen molar-refractivity contribution in [1.29, 1.82) is 0 Å². The summed E-state index contributed by atoms with van der Waals surface area (Å²) >= 11 is 0. The topological polar surface area (TPSA) is 18.5 Å². The van der Waals surface area contributed by atoms with Gasteiger partial charge in [-0.3, -0.25) is 0 Å². The third-order valence-corrected chi connectivity index (χ3v) is 4.56. The van der Waals surface area contributed by atoms with Gasteiger partial charge in [0, 0.05) is 20.6 Å². The van der Waals surface area contributed by atoms with Gasteiger partial charge in [0.25, 0.3) is 0 Å². The molecule has 0 spiro atoms. The second kappa shape index (κ2) is 4.72. The second-order valence-electron chi connectivity index (χ2n) is 5.55. The maximum absolute atomic E-state index is 6.03. The third-order valence-electron chi connectivity index (χ3n) is 4.56. The molecule has 0 amide bonds. The number of rotatable bonds is 3. The molecule has 2 aromatic rings. The molecule has 0 bridgehead atoms. The van der Waals surface area contributed by atoms with E-state index in [2.05, 4.69) is 55.5 Å². The van der Waals surface area contributed by atoms with Crippen LogP contribution in [0.1, 0.15) is 30.0 Å². The van der Waals surface area contributed by atoms with Crippen LogP contribution in [0.15, 0.2) is 54.6 Å². The lowest BCUT2D eigenvalue weighted by Gasteiger charge is -2.32. The van der Waals surface area contributed by atoms with Gasteiger partial charge in [0.2, 0.25) is 0 Å². The van der Waals surface area contributed by atoms with Crippen LogP contribution in [0.5, 0.6) is 0 Å². The van der Waals surface area contributed by atoms with E-state index in [4.69, 9.17) is 9.47 Å². The summed E-state index contributed by atoms with van der Waals surface area (Å²) in [7, 11) is 3.55. The second-order valence-corrected chi connectivity index (χ2v) is 5.55. The molecule has 2 unspecified atom stereocenters. The molecule has 0 aromatic heterocycles. The van der Waals surface area contributed by atoms with E-state index in [-0.39, 0.29) is 5.60 Å². The van der Waals surface area contributed by atoms with Crippen LogP contribution in [0.3, 0.4) is 0 Å². The first kappa shape index (κ1) is 13.3. The lowest BCUT2D eigenvalue weighted by molar-refractivity contribution is -0.0606. The van der Waals surface area contributed by atoms with Crippen LogP contribution in [0.25, 0.3) is 0 Å². The van der Waals surface area contributed by atoms with E-state index in [1.165, 1.54) is 16.7 Å². The van der Waals surface area contributed by atoms with E-state index in [1.54, 1.807) is 14.2 Å². The Morgan fingerprint density at radius 2 is 1.40 bits per heavy atom. The number of hydrogen-bond acceptors (Lipinski definition) is 2. The van der Waals surface area contributed by atoms with Gasteiger partial charge < -0.3 is 9.47 Å². The van der Waals surface area contributed by atoms with Gasteiger partial charge in [0.1, 0.15) is 5.60 Å². The first-order chi connectivity index (χ1) is 9.66. The maximum atomic E-state index is 6.03. The summed E-state index contributed by atoms with van der Waals surface area (Å²) in [4.78, 5) is 0. The average molecular weight is 268 g/mol. The average Bonchev–Trinajstić information content (AvgIpc) is 2.80. The standard InChI is InChI=1S/C18H20O2/c1-17(19-2)13-18(20-3,14-9-5-4-6-10-14)16-12-8-7-11-15(16)17/h4-12H,13H2,1-3H3. The molecule has 0 N–H and O–H groups in total. The summed E-state index contributed by atoms with van der Waals surface area (Å²) in [6.07, 6.45) is 0.788. The van der Waals surface area contributed by atoms with Crippen LogP contribution in [0.2, 0.25) is 0 Å². The van der Waals surface area contributed by atoms with Crippen molar-refractivity contribution in [3.05, 3.63) is 71.3 Å². The summed E-state index contributed by atoms with van der Waals surface area (Å²) in [5.41, 5.74) is 2.85. The van der Waals surface area contributed by atoms with E-state index in [1.807, 2.05) is 6.07 Å². The fourth-order valence-electron chi connectivity index (χ4n) is 3.41. The molecule has 2 atom stereocenters. The minimum absolute atomic E-state index is 0.317. The van der Waals surface area contributed by atoms with Crippen LogP contribution in [0.4, 0.5) is 0 Å². The minimum atomic E-state index is -0.428. The normalized spacial score (nSPS) is 28.4. The fraction of sp³-hybridized carbons (Fsp3) is 0.333. The van der Waals surface area contributed by atoms with Crippen molar-refractivity contribution < 1.29 is 9.47 Å². The third kappa shape index (κ3) is 1.72. The van der Waals surface area contributed by atoms with Gasteiger partial charge in [-0.1, -0.05) is 54.6 Å². The number of ether oxygens (including phenoxy) is 2. The van der Waals surface area contributed by atoms with Crippen LogP contribution in [-0.4, -0.2) is 14.2 Å². The zero-order chi connectivity index (χ0) is 14.2. The molecule has 2 aromatic carbocycles. The van der Waals surface area contributed by atoms with Crippen molar-refractivity contribution >= 4 is 0 Å². The summed E-state index contributed by atoms with van der Waals surface area (Å²) < 4.78 is 11.9. The highest BCUT2D eigenvalue weighted by atomic mass is 16.5. The monoisotopic (exact) mass is 268 g/mol. The minimum Gasteiger partial charge on any atom is -0.374 e. The lowest BCUT2D eigenvalue weighted by atomic mass is 9.86. The highest BCUT2D eigenvalue weighted by Gasteiger charge is 2.51. The van der Waals surface area contributed by atoms with Gasteiger partial charge in [-0.15, -0.1) is 0 Å². The molecule has 3 rings (SSSR count). The molecule has 0 saturated carbocycles. The molecular weight excluding hydrogens is 248 g/mol. The smallest absolute Gasteiger partial charge is 0.121 e. The Morgan fingerprint density at radius 3 is 2.00 bits per heavy atom. The molecule has 0 heterocycles. The predicted molar refractivity (Wildman–Crippen MR) is 79.7 cm³/mol. The zero-order valence-corrected chi connectivity index (χ0v) is 12.2. The van der Waals surface area contributed by atoms with Gasteiger partial charge in [-0.2, -0.15) is 0 Å². The van der Waals surface area contributed by atoms with Crippen molar-refractivity contribution in [3.63, 3.8) is 0 Å². The number of hydrogen-bond donors (Lipinski definition) is 0. The Balaban J connectivity index is 2.25. The number of benzene rings is 2. The van der Waals surface area contributed by atoms with E-state index in [9.17, 15) is 0 Å². The Hall–Kier alpha value is -1.64. The van der Waals surface area contributed by atoms with Crippen LogP contribution in [-0.2, 0) is 20.7 Å². The SMILES string of the molecule is COC1(C)CC(OC)(c2ccccc2)c2ccccc21. The van der Waals surface area contributed by atoms with Gasteiger partial charge in [-0.05, 0) is 23.6 Å². The van der Waals surface area contributed by atoms with Crippen LogP contribution in [0, 0.1) is 0 Å². The van der Waals surface area contributed by atoms with Gasteiger partial charge in [-0.25, -0.2) is 0 Å². The first-order valence-electron chi connectivity index (χ1n) is 6.92. The Morgan fingerprint density at radius 1 is 0.800 bits per heavy atom. The quantitative estimate of drug-likeness (QED) is 0.842. The summed E-state index contributed by atoms with van der Waals surface area (Å²) in [5.74, 6) is 0. The molecule has 2 heteroatoms. The molecule has 0 saturated heterocycles. The fourth-order valence-corrected chi connectivity index (χ4v) is 3.41. The van der Waals surface area contributed by atoms with Gasteiger partial charge >= 0.3 is 0 Å². The lowest BCUT2D eigenvalue weighted by Crippen LogP contribution is -2.31. The van der Waals surface area contributed by atoms with Crippen molar-refractivity contribution in [2.24, 2.45) is 0 Å². The molecular formula is C18H20O2. The van der Waals surface area contributed by atoms with E-state index in [0.717, 1.165) is 6.42 Å². The maximum Gasteiger partial charge on any atom is 0.121 e. The van der Waals surface area contributed by atoms with E-state index >= 15 is 0 Å². The number of methoxy groups -OCH3 is 2. The van der Waals surface area contributed by atoms with Crippen LogP contribution >= 0.6 is 0 Å². The molecule has 1 aliphatic carbocycles. The van der Waals surface area contributed by atoms with Crippen molar-refractivity contribution in [2.75, 3.05) is 14.2 Å². The zero-order valence-electron chi connectivity index (χ0n) is 12.2. The predicted octanol–water partition coefficient (Wildman–Crippen LogP) is 3.84.